The fourth-order valence-corrected chi connectivity index (χ4v) is 5.24. The zero-order valence-corrected chi connectivity index (χ0v) is 16.6. The molecule has 0 unspecified atom stereocenters. The monoisotopic (exact) mass is 374 g/mol. The molecule has 1 aliphatic rings. The lowest BCUT2D eigenvalue weighted by Gasteiger charge is -2.37. The van der Waals surface area contributed by atoms with E-state index in [1.807, 2.05) is 13.0 Å². The standard InChI is InChI=1S/C20H26N2O3S/c1-15-8-9-18(25-4)19(14-15)26(23,24)22-12-10-21(11-13-22)20-16(2)6-5-7-17(20)3/h5-9,14H,10-13H2,1-4H3. The van der Waals surface area contributed by atoms with Crippen LogP contribution in [0.15, 0.2) is 41.3 Å². The lowest BCUT2D eigenvalue weighted by atomic mass is 10.1. The van der Waals surface area contributed by atoms with E-state index in [1.165, 1.54) is 23.9 Å². The molecular formula is C20H26N2O3S. The molecule has 0 spiro atoms. The highest BCUT2D eigenvalue weighted by molar-refractivity contribution is 7.89. The Kier molecular flexibility index (Phi) is 5.25. The van der Waals surface area contributed by atoms with E-state index in [9.17, 15) is 8.42 Å². The van der Waals surface area contributed by atoms with Crippen LogP contribution in [-0.2, 0) is 10.0 Å². The van der Waals surface area contributed by atoms with Crippen LogP contribution in [0.3, 0.4) is 0 Å². The van der Waals surface area contributed by atoms with Gasteiger partial charge in [-0.2, -0.15) is 4.31 Å². The van der Waals surface area contributed by atoms with Crippen LogP contribution in [-0.4, -0.2) is 46.0 Å². The molecule has 0 amide bonds. The van der Waals surface area contributed by atoms with Crippen molar-refractivity contribution in [3.8, 4) is 5.75 Å². The maximum atomic E-state index is 13.1. The molecular weight excluding hydrogens is 348 g/mol. The Morgan fingerprint density at radius 2 is 1.54 bits per heavy atom. The Bertz CT molecular complexity index is 881. The summed E-state index contributed by atoms with van der Waals surface area (Å²) in [5.41, 5.74) is 4.57. The van der Waals surface area contributed by atoms with Gasteiger partial charge in [-0.3, -0.25) is 0 Å². The normalized spacial score (nSPS) is 15.9. The van der Waals surface area contributed by atoms with Gasteiger partial charge in [-0.05, 0) is 49.6 Å². The molecule has 1 fully saturated rings. The predicted molar refractivity (Wildman–Crippen MR) is 105 cm³/mol. The smallest absolute Gasteiger partial charge is 0.246 e. The third-order valence-corrected chi connectivity index (χ3v) is 6.85. The Morgan fingerprint density at radius 3 is 2.12 bits per heavy atom. The van der Waals surface area contributed by atoms with E-state index in [1.54, 1.807) is 16.4 Å². The number of hydrogen-bond donors (Lipinski definition) is 0. The number of anilines is 1. The second-order valence-corrected chi connectivity index (χ2v) is 8.69. The van der Waals surface area contributed by atoms with Gasteiger partial charge in [-0.1, -0.05) is 24.3 Å². The van der Waals surface area contributed by atoms with Crippen molar-refractivity contribution in [2.75, 3.05) is 38.2 Å². The third kappa shape index (κ3) is 3.44. The van der Waals surface area contributed by atoms with Crippen LogP contribution in [0.25, 0.3) is 0 Å². The molecule has 2 aromatic carbocycles. The van der Waals surface area contributed by atoms with Crippen molar-refractivity contribution < 1.29 is 13.2 Å². The van der Waals surface area contributed by atoms with Crippen LogP contribution in [0.4, 0.5) is 5.69 Å². The molecule has 26 heavy (non-hydrogen) atoms. The van der Waals surface area contributed by atoms with E-state index in [2.05, 4.69) is 36.9 Å². The van der Waals surface area contributed by atoms with Crippen molar-refractivity contribution in [3.05, 3.63) is 53.1 Å². The molecule has 2 aromatic rings. The van der Waals surface area contributed by atoms with Crippen molar-refractivity contribution >= 4 is 15.7 Å². The fourth-order valence-electron chi connectivity index (χ4n) is 3.58. The molecule has 1 saturated heterocycles. The van der Waals surface area contributed by atoms with Gasteiger partial charge in [0.2, 0.25) is 10.0 Å². The van der Waals surface area contributed by atoms with Crippen LogP contribution in [0, 0.1) is 20.8 Å². The summed E-state index contributed by atoms with van der Waals surface area (Å²) in [5.74, 6) is 0.396. The first-order valence-electron chi connectivity index (χ1n) is 8.80. The topological polar surface area (TPSA) is 49.9 Å². The average Bonchev–Trinajstić information content (AvgIpc) is 2.62. The molecule has 6 heteroatoms. The summed E-state index contributed by atoms with van der Waals surface area (Å²) in [6.07, 6.45) is 0. The Labute approximate surface area is 156 Å². The minimum atomic E-state index is -3.57. The quantitative estimate of drug-likeness (QED) is 0.825. The van der Waals surface area contributed by atoms with Crippen LogP contribution in [0.2, 0.25) is 0 Å². The number of hydrogen-bond acceptors (Lipinski definition) is 4. The molecule has 1 aliphatic heterocycles. The van der Waals surface area contributed by atoms with Crippen molar-refractivity contribution in [3.63, 3.8) is 0 Å². The SMILES string of the molecule is COc1ccc(C)cc1S(=O)(=O)N1CCN(c2c(C)cccc2C)CC1. The molecule has 0 radical (unpaired) electrons. The highest BCUT2D eigenvalue weighted by atomic mass is 32.2. The second kappa shape index (κ2) is 7.29. The minimum Gasteiger partial charge on any atom is -0.495 e. The van der Waals surface area contributed by atoms with Crippen molar-refractivity contribution in [2.45, 2.75) is 25.7 Å². The first-order valence-corrected chi connectivity index (χ1v) is 10.2. The van der Waals surface area contributed by atoms with E-state index < -0.39 is 10.0 Å². The van der Waals surface area contributed by atoms with Gasteiger partial charge in [0, 0.05) is 31.9 Å². The molecule has 0 aliphatic carbocycles. The number of para-hydroxylation sites is 1. The second-order valence-electron chi connectivity index (χ2n) is 6.79. The predicted octanol–water partition coefficient (Wildman–Crippen LogP) is 3.13. The summed E-state index contributed by atoms with van der Waals surface area (Å²) in [6, 6.07) is 11.5. The van der Waals surface area contributed by atoms with Crippen molar-refractivity contribution in [2.24, 2.45) is 0 Å². The number of nitrogens with zero attached hydrogens (tertiary/aromatic N) is 2. The zero-order chi connectivity index (χ0) is 18.9. The number of aryl methyl sites for hydroxylation is 3. The summed E-state index contributed by atoms with van der Waals surface area (Å²) < 4.78 is 33.1. The van der Waals surface area contributed by atoms with E-state index in [0.717, 1.165) is 5.56 Å². The number of piperazine rings is 1. The number of rotatable bonds is 4. The van der Waals surface area contributed by atoms with Gasteiger partial charge in [0.15, 0.2) is 0 Å². The summed E-state index contributed by atoms with van der Waals surface area (Å²) in [5, 5.41) is 0. The number of sulfonamides is 1. The van der Waals surface area contributed by atoms with Gasteiger partial charge in [-0.25, -0.2) is 8.42 Å². The van der Waals surface area contributed by atoms with Gasteiger partial charge in [0.05, 0.1) is 7.11 Å². The van der Waals surface area contributed by atoms with Crippen molar-refractivity contribution in [1.29, 1.82) is 0 Å². The van der Waals surface area contributed by atoms with Gasteiger partial charge in [-0.15, -0.1) is 0 Å². The first kappa shape index (κ1) is 18.7. The Morgan fingerprint density at radius 1 is 0.923 bits per heavy atom. The lowest BCUT2D eigenvalue weighted by Crippen LogP contribution is -2.49. The fraction of sp³-hybridized carbons (Fsp3) is 0.400. The minimum absolute atomic E-state index is 0.250. The van der Waals surface area contributed by atoms with Crippen LogP contribution < -0.4 is 9.64 Å². The molecule has 1 heterocycles. The van der Waals surface area contributed by atoms with E-state index in [-0.39, 0.29) is 4.90 Å². The number of ether oxygens (including phenoxy) is 1. The lowest BCUT2D eigenvalue weighted by molar-refractivity contribution is 0.374. The van der Waals surface area contributed by atoms with E-state index in [4.69, 9.17) is 4.74 Å². The van der Waals surface area contributed by atoms with Crippen molar-refractivity contribution in [1.82, 2.24) is 4.31 Å². The summed E-state index contributed by atoms with van der Waals surface area (Å²) >= 11 is 0. The molecule has 0 N–H and O–H groups in total. The molecule has 0 bridgehead atoms. The van der Waals surface area contributed by atoms with Gasteiger partial charge >= 0.3 is 0 Å². The molecule has 5 nitrogen and oxygen atoms in total. The number of methoxy groups -OCH3 is 1. The summed E-state index contributed by atoms with van der Waals surface area (Å²) in [4.78, 5) is 2.53. The van der Waals surface area contributed by atoms with Gasteiger partial charge in [0.25, 0.3) is 0 Å². The Hall–Kier alpha value is -2.05. The molecule has 0 aromatic heterocycles. The first-order chi connectivity index (χ1) is 12.3. The maximum absolute atomic E-state index is 13.1. The maximum Gasteiger partial charge on any atom is 0.246 e. The highest BCUT2D eigenvalue weighted by Crippen LogP contribution is 2.30. The van der Waals surface area contributed by atoms with Crippen LogP contribution >= 0.6 is 0 Å². The molecule has 0 saturated carbocycles. The average molecular weight is 375 g/mol. The largest absolute Gasteiger partial charge is 0.495 e. The molecule has 0 atom stereocenters. The van der Waals surface area contributed by atoms with Crippen LogP contribution in [0.5, 0.6) is 5.75 Å². The molecule has 140 valence electrons. The highest BCUT2D eigenvalue weighted by Gasteiger charge is 2.31. The number of benzene rings is 2. The Balaban J connectivity index is 1.83. The zero-order valence-electron chi connectivity index (χ0n) is 15.8. The van der Waals surface area contributed by atoms with Gasteiger partial charge < -0.3 is 9.64 Å². The van der Waals surface area contributed by atoms with E-state index in [0.29, 0.717) is 31.9 Å². The molecule has 3 rings (SSSR count). The third-order valence-electron chi connectivity index (χ3n) is 4.93. The van der Waals surface area contributed by atoms with Crippen LogP contribution in [0.1, 0.15) is 16.7 Å². The van der Waals surface area contributed by atoms with E-state index >= 15 is 0 Å². The summed E-state index contributed by atoms with van der Waals surface area (Å²) in [7, 11) is -2.07. The van der Waals surface area contributed by atoms with Gasteiger partial charge in [0.1, 0.15) is 10.6 Å². The summed E-state index contributed by atoms with van der Waals surface area (Å²) in [6.45, 7) is 8.38.